The topological polar surface area (TPSA) is 80.6 Å². The number of ether oxygens (including phenoxy) is 2. The number of aliphatic imine (C=N–C) groups is 1. The Kier molecular flexibility index (Phi) is 6.95. The quantitative estimate of drug-likeness (QED) is 0.340. The van der Waals surface area contributed by atoms with E-state index in [0.717, 1.165) is 23.1 Å². The third kappa shape index (κ3) is 5.08. The lowest BCUT2D eigenvalue weighted by Crippen LogP contribution is -2.16. The number of allylic oxidation sites excluding steroid dienone is 1. The van der Waals surface area contributed by atoms with Crippen LogP contribution in [0.4, 0.5) is 4.39 Å². The molecule has 0 unspecified atom stereocenters. The van der Waals surface area contributed by atoms with E-state index in [0.29, 0.717) is 17.9 Å². The van der Waals surface area contributed by atoms with Crippen LogP contribution in [0.2, 0.25) is 0 Å². The van der Waals surface area contributed by atoms with Crippen molar-refractivity contribution < 1.29 is 13.9 Å². The van der Waals surface area contributed by atoms with Crippen molar-refractivity contribution in [3.8, 4) is 28.9 Å². The maximum Gasteiger partial charge on any atom is 0.292 e. The lowest BCUT2D eigenvalue weighted by atomic mass is 10.0. The second-order valence-electron chi connectivity index (χ2n) is 5.92. The molecule has 2 rings (SSSR count). The lowest BCUT2D eigenvalue weighted by Gasteiger charge is -2.14. The van der Waals surface area contributed by atoms with Crippen LogP contribution in [0.15, 0.2) is 53.0 Å². The van der Waals surface area contributed by atoms with Crippen molar-refractivity contribution in [2.75, 3.05) is 13.7 Å². The van der Waals surface area contributed by atoms with Gasteiger partial charge in [-0.1, -0.05) is 30.7 Å². The molecule has 0 radical (unpaired) electrons. The standard InChI is InChI=1S/C21H22FN3O2/c1-4-5-14(2)12-25-21(24)18-10-16(15-6-8-17(22)9-7-15)11-19(26-3)20(18)27-13-23/h5-11H,4,12H2,1-3H3,(H2,24,25)/b14-5-. The van der Waals surface area contributed by atoms with E-state index in [-0.39, 0.29) is 17.4 Å². The van der Waals surface area contributed by atoms with Gasteiger partial charge >= 0.3 is 0 Å². The minimum absolute atomic E-state index is 0.198. The monoisotopic (exact) mass is 367 g/mol. The highest BCUT2D eigenvalue weighted by Gasteiger charge is 2.17. The molecular weight excluding hydrogens is 345 g/mol. The molecule has 0 aliphatic rings. The zero-order valence-electron chi connectivity index (χ0n) is 15.6. The third-order valence-electron chi connectivity index (χ3n) is 3.93. The van der Waals surface area contributed by atoms with E-state index in [1.54, 1.807) is 30.5 Å². The van der Waals surface area contributed by atoms with E-state index in [1.807, 2.05) is 13.8 Å². The summed E-state index contributed by atoms with van der Waals surface area (Å²) in [5, 5.41) is 8.99. The molecule has 0 heterocycles. The molecular formula is C21H22FN3O2. The zero-order valence-corrected chi connectivity index (χ0v) is 15.6. The van der Waals surface area contributed by atoms with Gasteiger partial charge in [-0.3, -0.25) is 4.99 Å². The molecule has 0 saturated carbocycles. The number of amidine groups is 1. The van der Waals surface area contributed by atoms with Gasteiger partial charge in [0.25, 0.3) is 6.26 Å². The minimum atomic E-state index is -0.324. The SMILES string of the molecule is CC/C=C(/C)CN=C(N)c1cc(-c2ccc(F)cc2)cc(OC)c1OC#N. The maximum absolute atomic E-state index is 13.2. The summed E-state index contributed by atoms with van der Waals surface area (Å²) in [6, 6.07) is 9.51. The molecule has 0 spiro atoms. The fraction of sp³-hybridized carbons (Fsp3) is 0.238. The summed E-state index contributed by atoms with van der Waals surface area (Å²) < 4.78 is 23.7. The Morgan fingerprint density at radius 2 is 1.96 bits per heavy atom. The molecule has 0 bridgehead atoms. The number of halogens is 1. The average Bonchev–Trinajstić information content (AvgIpc) is 2.67. The fourth-order valence-electron chi connectivity index (χ4n) is 2.61. The Morgan fingerprint density at radius 1 is 1.26 bits per heavy atom. The molecule has 0 aromatic heterocycles. The van der Waals surface area contributed by atoms with Crippen LogP contribution in [0.25, 0.3) is 11.1 Å². The van der Waals surface area contributed by atoms with Gasteiger partial charge in [-0.15, -0.1) is 5.26 Å². The molecule has 27 heavy (non-hydrogen) atoms. The summed E-state index contributed by atoms with van der Waals surface area (Å²) in [7, 11) is 1.47. The summed E-state index contributed by atoms with van der Waals surface area (Å²) in [6.45, 7) is 4.46. The highest BCUT2D eigenvalue weighted by atomic mass is 19.1. The normalized spacial score (nSPS) is 11.8. The van der Waals surface area contributed by atoms with Crippen LogP contribution >= 0.6 is 0 Å². The van der Waals surface area contributed by atoms with E-state index < -0.39 is 0 Å². The summed E-state index contributed by atoms with van der Waals surface area (Å²) >= 11 is 0. The highest BCUT2D eigenvalue weighted by molar-refractivity contribution is 6.02. The number of hydrogen-bond donors (Lipinski definition) is 1. The van der Waals surface area contributed by atoms with Gasteiger partial charge in [0, 0.05) is 0 Å². The van der Waals surface area contributed by atoms with Gasteiger partial charge < -0.3 is 15.2 Å². The second-order valence-corrected chi connectivity index (χ2v) is 5.92. The van der Waals surface area contributed by atoms with Crippen molar-refractivity contribution in [3.05, 3.63) is 59.4 Å². The van der Waals surface area contributed by atoms with Crippen molar-refractivity contribution >= 4 is 5.84 Å². The van der Waals surface area contributed by atoms with E-state index in [4.69, 9.17) is 20.5 Å². The molecule has 2 aromatic rings. The average molecular weight is 367 g/mol. The summed E-state index contributed by atoms with van der Waals surface area (Å²) in [4.78, 5) is 4.40. The number of hydrogen-bond acceptors (Lipinski definition) is 4. The Hall–Kier alpha value is -3.33. The molecule has 2 aromatic carbocycles. The smallest absolute Gasteiger partial charge is 0.292 e. The van der Waals surface area contributed by atoms with Gasteiger partial charge in [0.05, 0.1) is 19.2 Å². The Balaban J connectivity index is 2.56. The van der Waals surface area contributed by atoms with Crippen molar-refractivity contribution in [1.29, 1.82) is 5.26 Å². The maximum atomic E-state index is 13.2. The first kappa shape index (κ1) is 20.0. The second kappa shape index (κ2) is 9.39. The molecule has 0 fully saturated rings. The Labute approximate surface area is 158 Å². The van der Waals surface area contributed by atoms with Crippen LogP contribution in [0.3, 0.4) is 0 Å². The van der Waals surface area contributed by atoms with Gasteiger partial charge in [0.15, 0.2) is 11.5 Å². The summed E-state index contributed by atoms with van der Waals surface area (Å²) in [5.74, 6) is 0.442. The van der Waals surface area contributed by atoms with E-state index in [1.165, 1.54) is 19.2 Å². The number of rotatable bonds is 7. The summed E-state index contributed by atoms with van der Waals surface area (Å²) in [5.41, 5.74) is 9.23. The molecule has 0 amide bonds. The molecule has 0 atom stereocenters. The lowest BCUT2D eigenvalue weighted by molar-refractivity contribution is 0.384. The van der Waals surface area contributed by atoms with E-state index in [9.17, 15) is 4.39 Å². The first-order chi connectivity index (χ1) is 13.0. The molecule has 0 saturated heterocycles. The number of methoxy groups -OCH3 is 1. The van der Waals surface area contributed by atoms with Crippen molar-refractivity contribution in [2.24, 2.45) is 10.7 Å². The van der Waals surface area contributed by atoms with Crippen LogP contribution in [0.5, 0.6) is 11.5 Å². The first-order valence-corrected chi connectivity index (χ1v) is 8.50. The Morgan fingerprint density at radius 3 is 2.56 bits per heavy atom. The van der Waals surface area contributed by atoms with Crippen molar-refractivity contribution in [3.63, 3.8) is 0 Å². The largest absolute Gasteiger partial charge is 0.493 e. The molecule has 0 aliphatic carbocycles. The molecule has 6 heteroatoms. The van der Waals surface area contributed by atoms with Crippen LogP contribution in [0.1, 0.15) is 25.8 Å². The zero-order chi connectivity index (χ0) is 19.8. The third-order valence-corrected chi connectivity index (χ3v) is 3.93. The predicted molar refractivity (Wildman–Crippen MR) is 104 cm³/mol. The van der Waals surface area contributed by atoms with Crippen LogP contribution < -0.4 is 15.2 Å². The van der Waals surface area contributed by atoms with Crippen LogP contribution in [0, 0.1) is 17.3 Å². The number of nitrogens with zero attached hydrogens (tertiary/aromatic N) is 2. The summed E-state index contributed by atoms with van der Waals surface area (Å²) in [6.07, 6.45) is 4.64. The number of nitriles is 1. The molecule has 0 aliphatic heterocycles. The molecule has 2 N–H and O–H groups in total. The van der Waals surface area contributed by atoms with Crippen LogP contribution in [-0.4, -0.2) is 19.5 Å². The van der Waals surface area contributed by atoms with Gasteiger partial charge in [0.1, 0.15) is 11.7 Å². The van der Waals surface area contributed by atoms with E-state index in [2.05, 4.69) is 11.1 Å². The van der Waals surface area contributed by atoms with Crippen molar-refractivity contribution in [2.45, 2.75) is 20.3 Å². The van der Waals surface area contributed by atoms with E-state index >= 15 is 0 Å². The van der Waals surface area contributed by atoms with Crippen molar-refractivity contribution in [1.82, 2.24) is 0 Å². The molecule has 140 valence electrons. The van der Waals surface area contributed by atoms with Gasteiger partial charge in [-0.05, 0) is 48.7 Å². The highest BCUT2D eigenvalue weighted by Crippen LogP contribution is 2.36. The number of benzene rings is 2. The van der Waals surface area contributed by atoms with Gasteiger partial charge in [0.2, 0.25) is 0 Å². The predicted octanol–water partition coefficient (Wildman–Crippen LogP) is 4.42. The number of nitrogens with two attached hydrogens (primary N) is 1. The van der Waals surface area contributed by atoms with Gasteiger partial charge in [-0.2, -0.15) is 0 Å². The first-order valence-electron chi connectivity index (χ1n) is 8.50. The van der Waals surface area contributed by atoms with Crippen LogP contribution in [-0.2, 0) is 0 Å². The van der Waals surface area contributed by atoms with Gasteiger partial charge in [-0.25, -0.2) is 4.39 Å². The molecule has 5 nitrogen and oxygen atoms in total. The fourth-order valence-corrected chi connectivity index (χ4v) is 2.61. The minimum Gasteiger partial charge on any atom is -0.493 e. The Bertz CT molecular complexity index is 897.